The van der Waals surface area contributed by atoms with Crippen molar-refractivity contribution in [3.8, 4) is 0 Å². The number of hydrogen-bond acceptors (Lipinski definition) is 6. The summed E-state index contributed by atoms with van der Waals surface area (Å²) < 4.78 is 4.58. The quantitative estimate of drug-likeness (QED) is 0.306. The fourth-order valence-electron chi connectivity index (χ4n) is 1.11. The molecule has 0 saturated carbocycles. The predicted molar refractivity (Wildman–Crippen MR) is 36.0 cm³/mol. The van der Waals surface area contributed by atoms with Crippen LogP contribution in [-0.2, 0) is 4.74 Å². The summed E-state index contributed by atoms with van der Waals surface area (Å²) in [6.45, 7) is -0.596. The average molecular weight is 180 g/mol. The Bertz CT molecular complexity index is 151. The monoisotopic (exact) mass is 180 g/mol. The van der Waals surface area contributed by atoms with Crippen molar-refractivity contribution in [3.05, 3.63) is 0 Å². The van der Waals surface area contributed by atoms with Gasteiger partial charge in [0, 0.05) is 0 Å². The van der Waals surface area contributed by atoms with E-state index >= 15 is 0 Å². The lowest BCUT2D eigenvalue weighted by Gasteiger charge is -2.18. The number of aliphatic hydroxyl groups is 5. The third-order valence-corrected chi connectivity index (χ3v) is 1.84. The molecule has 0 radical (unpaired) electrons. The molecule has 6 heteroatoms. The summed E-state index contributed by atoms with van der Waals surface area (Å²) >= 11 is 0. The maximum absolute atomic E-state index is 9.12. The predicted octanol–water partition coefficient (Wildman–Crippen LogP) is -3.22. The minimum atomic E-state index is -1.51. The summed E-state index contributed by atoms with van der Waals surface area (Å²) in [5, 5.41) is 44.4. The van der Waals surface area contributed by atoms with E-state index in [4.69, 9.17) is 25.5 Å². The Hall–Kier alpha value is -0.240. The molecule has 1 fully saturated rings. The molecule has 72 valence electrons. The number of rotatable bonds is 2. The lowest BCUT2D eigenvalue weighted by atomic mass is 10.1. The van der Waals surface area contributed by atoms with Gasteiger partial charge in [-0.2, -0.15) is 0 Å². The van der Waals surface area contributed by atoms with E-state index in [0.29, 0.717) is 0 Å². The minimum Gasteiger partial charge on any atom is -0.394 e. The standard InChI is InChI=1S/C6H12O6/c7-1-2(8)5-3(9)4(10)6(11)12-5/h2-11H,1H2/t2-,3-,4+,5+,6+/m1/s1. The van der Waals surface area contributed by atoms with Crippen molar-refractivity contribution in [3.63, 3.8) is 0 Å². The van der Waals surface area contributed by atoms with Gasteiger partial charge in [0.15, 0.2) is 6.29 Å². The number of aliphatic hydroxyl groups excluding tert-OH is 5. The van der Waals surface area contributed by atoms with E-state index in [-0.39, 0.29) is 0 Å². The third-order valence-electron chi connectivity index (χ3n) is 1.84. The van der Waals surface area contributed by atoms with E-state index in [1.165, 1.54) is 0 Å². The zero-order valence-electron chi connectivity index (χ0n) is 6.24. The van der Waals surface area contributed by atoms with Gasteiger partial charge in [0.1, 0.15) is 24.4 Å². The van der Waals surface area contributed by atoms with Gasteiger partial charge in [-0.25, -0.2) is 0 Å². The molecule has 0 bridgehead atoms. The van der Waals surface area contributed by atoms with Crippen LogP contribution < -0.4 is 0 Å². The highest BCUT2D eigenvalue weighted by Gasteiger charge is 2.44. The molecule has 1 heterocycles. The second-order valence-corrected chi connectivity index (χ2v) is 2.72. The fourth-order valence-corrected chi connectivity index (χ4v) is 1.11. The van der Waals surface area contributed by atoms with Crippen LogP contribution in [0.15, 0.2) is 0 Å². The van der Waals surface area contributed by atoms with Crippen LogP contribution in [0.1, 0.15) is 0 Å². The zero-order chi connectivity index (χ0) is 9.30. The van der Waals surface area contributed by atoms with E-state index in [1.807, 2.05) is 0 Å². The topological polar surface area (TPSA) is 110 Å². The summed E-state index contributed by atoms with van der Waals surface area (Å²) in [5.74, 6) is 0. The first-order valence-corrected chi connectivity index (χ1v) is 3.56. The van der Waals surface area contributed by atoms with Crippen molar-refractivity contribution >= 4 is 0 Å². The first-order valence-electron chi connectivity index (χ1n) is 3.56. The van der Waals surface area contributed by atoms with Gasteiger partial charge >= 0.3 is 0 Å². The highest BCUT2D eigenvalue weighted by atomic mass is 16.6. The summed E-state index contributed by atoms with van der Waals surface area (Å²) in [4.78, 5) is 0. The van der Waals surface area contributed by atoms with Gasteiger partial charge in [0.25, 0.3) is 0 Å². The molecule has 0 spiro atoms. The second kappa shape index (κ2) is 3.65. The Labute approximate surface area is 68.6 Å². The molecule has 1 rings (SSSR count). The van der Waals surface area contributed by atoms with Gasteiger partial charge in [-0.3, -0.25) is 0 Å². The molecule has 0 aliphatic carbocycles. The van der Waals surface area contributed by atoms with Crippen LogP contribution in [-0.4, -0.2) is 62.8 Å². The zero-order valence-corrected chi connectivity index (χ0v) is 6.24. The SMILES string of the molecule is OC[C@@H](O)[C@@H]1O[C@H](O)[C@@H](O)[C@H]1O. The molecule has 5 atom stereocenters. The summed E-state index contributed by atoms with van der Waals surface area (Å²) in [7, 11) is 0. The van der Waals surface area contributed by atoms with Crippen LogP contribution in [0.3, 0.4) is 0 Å². The van der Waals surface area contributed by atoms with Gasteiger partial charge in [-0.05, 0) is 0 Å². The maximum atomic E-state index is 9.12. The van der Waals surface area contributed by atoms with Crippen molar-refractivity contribution in [2.45, 2.75) is 30.7 Å². The van der Waals surface area contributed by atoms with E-state index in [2.05, 4.69) is 4.74 Å². The average Bonchev–Trinajstić information content (AvgIpc) is 2.32. The van der Waals surface area contributed by atoms with Crippen molar-refractivity contribution in [2.75, 3.05) is 6.61 Å². The third kappa shape index (κ3) is 1.58. The molecule has 0 aromatic heterocycles. The highest BCUT2D eigenvalue weighted by molar-refractivity contribution is 4.89. The van der Waals surface area contributed by atoms with E-state index in [9.17, 15) is 0 Å². The van der Waals surface area contributed by atoms with E-state index in [0.717, 1.165) is 0 Å². The summed E-state index contributed by atoms with van der Waals surface area (Å²) in [5.41, 5.74) is 0. The molecule has 0 aromatic rings. The molecular formula is C6H12O6. The largest absolute Gasteiger partial charge is 0.394 e. The molecule has 0 unspecified atom stereocenters. The Kier molecular flexibility index (Phi) is 2.99. The van der Waals surface area contributed by atoms with Gasteiger partial charge in [-0.15, -0.1) is 0 Å². The van der Waals surface area contributed by atoms with Gasteiger partial charge in [0.05, 0.1) is 6.61 Å². The van der Waals surface area contributed by atoms with Crippen LogP contribution in [0, 0.1) is 0 Å². The van der Waals surface area contributed by atoms with Crippen molar-refractivity contribution in [2.24, 2.45) is 0 Å². The summed E-state index contributed by atoms with van der Waals surface area (Å²) in [6, 6.07) is 0. The highest BCUT2D eigenvalue weighted by Crippen LogP contribution is 2.21. The van der Waals surface area contributed by atoms with Crippen molar-refractivity contribution in [1.82, 2.24) is 0 Å². The molecule has 5 N–H and O–H groups in total. The minimum absolute atomic E-state index is 0.596. The van der Waals surface area contributed by atoms with Crippen LogP contribution in [0.25, 0.3) is 0 Å². The first kappa shape index (κ1) is 9.85. The number of hydrogen-bond donors (Lipinski definition) is 5. The molecule has 1 aliphatic heterocycles. The molecule has 1 aliphatic rings. The Morgan fingerprint density at radius 3 is 2.08 bits per heavy atom. The molecule has 0 aromatic carbocycles. The van der Waals surface area contributed by atoms with Crippen molar-refractivity contribution < 1.29 is 30.3 Å². The maximum Gasteiger partial charge on any atom is 0.184 e. The fraction of sp³-hybridized carbons (Fsp3) is 1.00. The molecule has 1 saturated heterocycles. The van der Waals surface area contributed by atoms with Crippen molar-refractivity contribution in [1.29, 1.82) is 0 Å². The smallest absolute Gasteiger partial charge is 0.184 e. The Morgan fingerprint density at radius 1 is 1.17 bits per heavy atom. The molecule has 0 amide bonds. The lowest BCUT2D eigenvalue weighted by Crippen LogP contribution is -2.40. The molecule has 6 nitrogen and oxygen atoms in total. The van der Waals surface area contributed by atoms with E-state index in [1.54, 1.807) is 0 Å². The van der Waals surface area contributed by atoms with Gasteiger partial charge < -0.3 is 30.3 Å². The summed E-state index contributed by atoms with van der Waals surface area (Å²) in [6.07, 6.45) is -6.75. The first-order chi connectivity index (χ1) is 5.57. The lowest BCUT2D eigenvalue weighted by molar-refractivity contribution is -0.150. The van der Waals surface area contributed by atoms with Gasteiger partial charge in [-0.1, -0.05) is 0 Å². The number of ether oxygens (including phenoxy) is 1. The van der Waals surface area contributed by atoms with Crippen LogP contribution in [0.5, 0.6) is 0 Å². The Morgan fingerprint density at radius 2 is 1.75 bits per heavy atom. The Balaban J connectivity index is 2.58. The normalized spacial score (nSPS) is 44.8. The molecule has 12 heavy (non-hydrogen) atoms. The van der Waals surface area contributed by atoms with Gasteiger partial charge in [0.2, 0.25) is 0 Å². The van der Waals surface area contributed by atoms with Crippen LogP contribution >= 0.6 is 0 Å². The molecular weight excluding hydrogens is 168 g/mol. The van der Waals surface area contributed by atoms with Crippen LogP contribution in [0.2, 0.25) is 0 Å². The van der Waals surface area contributed by atoms with E-state index < -0.39 is 37.3 Å². The van der Waals surface area contributed by atoms with Crippen LogP contribution in [0.4, 0.5) is 0 Å². The second-order valence-electron chi connectivity index (χ2n) is 2.72.